The number of benzene rings is 2. The highest BCUT2D eigenvalue weighted by Gasteiger charge is 2.23. The minimum Gasteiger partial charge on any atom is -0.378 e. The minimum atomic E-state index is 0.184. The number of fused-ring (bicyclic) bond motifs is 1. The molecule has 1 aliphatic rings. The van der Waals surface area contributed by atoms with Crippen LogP contribution in [0.5, 0.6) is 0 Å². The van der Waals surface area contributed by atoms with Crippen molar-refractivity contribution in [2.75, 3.05) is 5.32 Å². The van der Waals surface area contributed by atoms with Crippen molar-refractivity contribution < 1.29 is 0 Å². The third-order valence-corrected chi connectivity index (χ3v) is 3.96. The third-order valence-electron chi connectivity index (χ3n) is 3.16. The molecule has 92 valence electrons. The lowest BCUT2D eigenvalue weighted by molar-refractivity contribution is 0.824. The van der Waals surface area contributed by atoms with Crippen molar-refractivity contribution in [3.8, 4) is 0 Å². The second-order valence-corrected chi connectivity index (χ2v) is 5.65. The molecule has 1 unspecified atom stereocenters. The molecule has 0 fully saturated rings. The Bertz CT molecular complexity index is 610. The van der Waals surface area contributed by atoms with Gasteiger partial charge >= 0.3 is 0 Å². The Morgan fingerprint density at radius 1 is 0.944 bits per heavy atom. The van der Waals surface area contributed by atoms with Crippen molar-refractivity contribution >= 4 is 40.5 Å². The summed E-state index contributed by atoms with van der Waals surface area (Å²) in [4.78, 5) is 0. The zero-order chi connectivity index (χ0) is 12.7. The Morgan fingerprint density at radius 2 is 1.67 bits per heavy atom. The fourth-order valence-corrected chi connectivity index (χ4v) is 3.04. The molecule has 4 heteroatoms. The van der Waals surface area contributed by atoms with E-state index in [1.54, 1.807) is 6.07 Å². The Labute approximate surface area is 121 Å². The summed E-state index contributed by atoms with van der Waals surface area (Å²) in [6.07, 6.45) is 0.886. The molecule has 0 amide bonds. The number of rotatable bonds is 1. The zero-order valence-electron chi connectivity index (χ0n) is 9.38. The largest absolute Gasteiger partial charge is 0.378 e. The van der Waals surface area contributed by atoms with Gasteiger partial charge in [-0.2, -0.15) is 0 Å². The highest BCUT2D eigenvalue weighted by Crippen LogP contribution is 2.38. The molecule has 1 atom stereocenters. The first-order valence-corrected chi connectivity index (χ1v) is 6.77. The SMILES string of the molecule is Clc1ccc(C2Cc3cc(Cl)ccc3N2)c(Cl)c1. The number of nitrogens with one attached hydrogen (secondary N) is 1. The summed E-state index contributed by atoms with van der Waals surface area (Å²) in [5.41, 5.74) is 3.40. The molecule has 2 aromatic rings. The maximum absolute atomic E-state index is 6.23. The molecule has 1 aliphatic heterocycles. The Hall–Kier alpha value is -0.890. The summed E-state index contributed by atoms with van der Waals surface area (Å²) in [5, 5.41) is 5.56. The normalized spacial score (nSPS) is 17.4. The maximum atomic E-state index is 6.23. The summed E-state index contributed by atoms with van der Waals surface area (Å²) < 4.78 is 0. The fraction of sp³-hybridized carbons (Fsp3) is 0.143. The average Bonchev–Trinajstić information content (AvgIpc) is 2.71. The zero-order valence-corrected chi connectivity index (χ0v) is 11.7. The van der Waals surface area contributed by atoms with Gasteiger partial charge in [-0.1, -0.05) is 40.9 Å². The Kier molecular flexibility index (Phi) is 3.14. The minimum absolute atomic E-state index is 0.184. The fourth-order valence-electron chi connectivity index (χ4n) is 2.30. The van der Waals surface area contributed by atoms with E-state index in [1.165, 1.54) is 5.56 Å². The molecule has 0 aromatic heterocycles. The molecule has 0 aliphatic carbocycles. The van der Waals surface area contributed by atoms with Gasteiger partial charge in [0.1, 0.15) is 0 Å². The van der Waals surface area contributed by atoms with Gasteiger partial charge in [0.25, 0.3) is 0 Å². The first-order valence-electron chi connectivity index (χ1n) is 5.63. The summed E-state index contributed by atoms with van der Waals surface area (Å²) >= 11 is 18.1. The van der Waals surface area contributed by atoms with Crippen molar-refractivity contribution in [1.82, 2.24) is 0 Å². The van der Waals surface area contributed by atoms with Gasteiger partial charge in [-0.05, 0) is 47.9 Å². The van der Waals surface area contributed by atoms with E-state index >= 15 is 0 Å². The molecule has 0 saturated heterocycles. The second-order valence-electron chi connectivity index (χ2n) is 4.37. The second kappa shape index (κ2) is 4.65. The van der Waals surface area contributed by atoms with Gasteiger partial charge in [0.2, 0.25) is 0 Å². The van der Waals surface area contributed by atoms with Crippen molar-refractivity contribution in [1.29, 1.82) is 0 Å². The van der Waals surface area contributed by atoms with Crippen LogP contribution >= 0.6 is 34.8 Å². The third kappa shape index (κ3) is 2.18. The molecule has 0 bridgehead atoms. The highest BCUT2D eigenvalue weighted by atomic mass is 35.5. The van der Waals surface area contributed by atoms with E-state index in [1.807, 2.05) is 30.3 Å². The Morgan fingerprint density at radius 3 is 2.44 bits per heavy atom. The molecule has 0 spiro atoms. The van der Waals surface area contributed by atoms with Crippen molar-refractivity contribution in [2.45, 2.75) is 12.5 Å². The van der Waals surface area contributed by atoms with Crippen molar-refractivity contribution in [2.24, 2.45) is 0 Å². The summed E-state index contributed by atoms with van der Waals surface area (Å²) in [6, 6.07) is 11.7. The van der Waals surface area contributed by atoms with Crippen LogP contribution in [-0.4, -0.2) is 0 Å². The van der Waals surface area contributed by atoms with E-state index in [0.717, 1.165) is 22.7 Å². The lowest BCUT2D eigenvalue weighted by Gasteiger charge is -2.13. The van der Waals surface area contributed by atoms with E-state index in [-0.39, 0.29) is 6.04 Å². The molecule has 1 heterocycles. The molecule has 1 N–H and O–H groups in total. The summed E-state index contributed by atoms with van der Waals surface area (Å²) in [6.45, 7) is 0. The lowest BCUT2D eigenvalue weighted by Crippen LogP contribution is -2.06. The van der Waals surface area contributed by atoms with Crippen LogP contribution in [0.3, 0.4) is 0 Å². The Balaban J connectivity index is 1.93. The van der Waals surface area contributed by atoms with E-state index in [0.29, 0.717) is 10.0 Å². The number of anilines is 1. The highest BCUT2D eigenvalue weighted by molar-refractivity contribution is 6.35. The van der Waals surface area contributed by atoms with Crippen LogP contribution in [-0.2, 0) is 6.42 Å². The van der Waals surface area contributed by atoms with E-state index in [9.17, 15) is 0 Å². The number of halogens is 3. The van der Waals surface area contributed by atoms with Gasteiger partial charge in [0, 0.05) is 20.8 Å². The standard InChI is InChI=1S/C14H10Cl3N/c15-9-2-4-13-8(5-9)6-14(18-13)11-3-1-10(16)7-12(11)17/h1-5,7,14,18H,6H2. The van der Waals surface area contributed by atoms with Gasteiger partial charge in [-0.15, -0.1) is 0 Å². The van der Waals surface area contributed by atoms with E-state index in [4.69, 9.17) is 34.8 Å². The number of hydrogen-bond donors (Lipinski definition) is 1. The average molecular weight is 299 g/mol. The first kappa shape index (κ1) is 12.2. The maximum Gasteiger partial charge on any atom is 0.0569 e. The van der Waals surface area contributed by atoms with Crippen LogP contribution in [0.4, 0.5) is 5.69 Å². The molecule has 3 rings (SSSR count). The topological polar surface area (TPSA) is 12.0 Å². The van der Waals surface area contributed by atoms with E-state index < -0.39 is 0 Å². The smallest absolute Gasteiger partial charge is 0.0569 e. The van der Waals surface area contributed by atoms with Crippen molar-refractivity contribution in [3.63, 3.8) is 0 Å². The quantitative estimate of drug-likeness (QED) is 0.747. The van der Waals surface area contributed by atoms with Crippen LogP contribution in [0, 0.1) is 0 Å². The van der Waals surface area contributed by atoms with Gasteiger partial charge in [-0.25, -0.2) is 0 Å². The van der Waals surface area contributed by atoms with Crippen LogP contribution in [0.2, 0.25) is 15.1 Å². The molecule has 0 radical (unpaired) electrons. The van der Waals surface area contributed by atoms with Crippen LogP contribution in [0.15, 0.2) is 36.4 Å². The van der Waals surface area contributed by atoms with Crippen molar-refractivity contribution in [3.05, 3.63) is 62.6 Å². The van der Waals surface area contributed by atoms with Gasteiger partial charge < -0.3 is 5.32 Å². The molecule has 18 heavy (non-hydrogen) atoms. The molecule has 0 saturated carbocycles. The van der Waals surface area contributed by atoms with Gasteiger partial charge in [0.15, 0.2) is 0 Å². The molecule has 1 nitrogen and oxygen atoms in total. The first-order chi connectivity index (χ1) is 8.63. The van der Waals surface area contributed by atoms with Crippen LogP contribution < -0.4 is 5.32 Å². The number of hydrogen-bond acceptors (Lipinski definition) is 1. The molecular weight excluding hydrogens is 289 g/mol. The predicted octanol–water partition coefficient (Wildman–Crippen LogP) is 5.36. The summed E-state index contributed by atoms with van der Waals surface area (Å²) in [5.74, 6) is 0. The van der Waals surface area contributed by atoms with Crippen LogP contribution in [0.1, 0.15) is 17.2 Å². The molecule has 2 aromatic carbocycles. The van der Waals surface area contributed by atoms with Gasteiger partial charge in [0.05, 0.1) is 6.04 Å². The van der Waals surface area contributed by atoms with Gasteiger partial charge in [-0.3, -0.25) is 0 Å². The lowest BCUT2D eigenvalue weighted by atomic mass is 10.0. The predicted molar refractivity (Wildman–Crippen MR) is 78.0 cm³/mol. The summed E-state index contributed by atoms with van der Waals surface area (Å²) in [7, 11) is 0. The van der Waals surface area contributed by atoms with E-state index in [2.05, 4.69) is 5.32 Å². The molecular formula is C14H10Cl3N. The van der Waals surface area contributed by atoms with Crippen LogP contribution in [0.25, 0.3) is 0 Å². The monoisotopic (exact) mass is 297 g/mol.